The lowest BCUT2D eigenvalue weighted by atomic mass is 10.2. The molecule has 0 aromatic carbocycles. The number of nitrogens with one attached hydrogen (secondary N) is 1. The Balaban J connectivity index is 2.10. The van der Waals surface area contributed by atoms with Crippen LogP contribution in [0.1, 0.15) is 39.0 Å². The second-order valence-electron chi connectivity index (χ2n) is 4.78. The molecule has 0 aromatic heterocycles. The zero-order chi connectivity index (χ0) is 12.5. The second-order valence-corrected chi connectivity index (χ2v) is 6.07. The van der Waals surface area contributed by atoms with Crippen LogP contribution in [-0.4, -0.2) is 48.5 Å². The molecule has 1 aliphatic heterocycles. The Labute approximate surface area is 110 Å². The first-order chi connectivity index (χ1) is 8.24. The summed E-state index contributed by atoms with van der Waals surface area (Å²) in [6, 6.07) is 0. The third-order valence-corrected chi connectivity index (χ3v) is 4.61. The lowest BCUT2D eigenvalue weighted by molar-refractivity contribution is -0.127. The topological polar surface area (TPSA) is 32.3 Å². The Kier molecular flexibility index (Phi) is 7.69. The Bertz CT molecular complexity index is 217. The van der Waals surface area contributed by atoms with Gasteiger partial charge in [0, 0.05) is 18.8 Å². The minimum atomic E-state index is 0.296. The van der Waals surface area contributed by atoms with E-state index in [4.69, 9.17) is 0 Å². The molecule has 0 atom stereocenters. The fourth-order valence-corrected chi connectivity index (χ4v) is 3.15. The van der Waals surface area contributed by atoms with Gasteiger partial charge in [-0.1, -0.05) is 19.8 Å². The Hall–Kier alpha value is -0.220. The van der Waals surface area contributed by atoms with E-state index < -0.39 is 0 Å². The molecule has 1 heterocycles. The molecule has 0 saturated carbocycles. The molecule has 1 fully saturated rings. The van der Waals surface area contributed by atoms with E-state index in [1.54, 1.807) is 0 Å². The molecule has 4 heteroatoms. The van der Waals surface area contributed by atoms with Crippen LogP contribution in [0.25, 0.3) is 0 Å². The van der Waals surface area contributed by atoms with Crippen LogP contribution in [0.4, 0.5) is 0 Å². The molecule has 1 rings (SSSR count). The van der Waals surface area contributed by atoms with Crippen molar-refractivity contribution in [2.24, 2.45) is 0 Å². The van der Waals surface area contributed by atoms with Crippen molar-refractivity contribution in [1.82, 2.24) is 10.2 Å². The third kappa shape index (κ3) is 6.32. The average molecular weight is 258 g/mol. The van der Waals surface area contributed by atoms with Gasteiger partial charge in [-0.05, 0) is 32.4 Å². The molecule has 0 spiro atoms. The summed E-state index contributed by atoms with van der Waals surface area (Å²) in [6.45, 7) is 5.32. The van der Waals surface area contributed by atoms with Crippen LogP contribution >= 0.6 is 11.8 Å². The minimum absolute atomic E-state index is 0.296. The summed E-state index contributed by atoms with van der Waals surface area (Å²) in [5.41, 5.74) is 0. The van der Waals surface area contributed by atoms with Crippen LogP contribution in [0, 0.1) is 0 Å². The zero-order valence-electron chi connectivity index (χ0n) is 11.2. The van der Waals surface area contributed by atoms with Crippen molar-refractivity contribution in [3.63, 3.8) is 0 Å². The van der Waals surface area contributed by atoms with Gasteiger partial charge in [0.25, 0.3) is 0 Å². The van der Waals surface area contributed by atoms with Crippen LogP contribution in [0.15, 0.2) is 0 Å². The van der Waals surface area contributed by atoms with E-state index >= 15 is 0 Å². The molecule has 100 valence electrons. The van der Waals surface area contributed by atoms with Crippen molar-refractivity contribution in [3.05, 3.63) is 0 Å². The fourth-order valence-electron chi connectivity index (χ4n) is 1.99. The number of piperidine rings is 1. The van der Waals surface area contributed by atoms with Gasteiger partial charge >= 0.3 is 0 Å². The second kappa shape index (κ2) is 8.81. The predicted molar refractivity (Wildman–Crippen MR) is 75.5 cm³/mol. The molecule has 1 saturated heterocycles. The number of amides is 1. The molecule has 0 unspecified atom stereocenters. The van der Waals surface area contributed by atoms with Crippen molar-refractivity contribution in [1.29, 1.82) is 0 Å². The first-order valence-electron chi connectivity index (χ1n) is 6.80. The number of hydrogen-bond donors (Lipinski definition) is 1. The molecular weight excluding hydrogens is 232 g/mol. The zero-order valence-corrected chi connectivity index (χ0v) is 12.0. The van der Waals surface area contributed by atoms with Crippen LogP contribution in [0.3, 0.4) is 0 Å². The van der Waals surface area contributed by atoms with Crippen molar-refractivity contribution in [2.75, 3.05) is 32.4 Å². The van der Waals surface area contributed by atoms with Crippen molar-refractivity contribution >= 4 is 17.7 Å². The van der Waals surface area contributed by atoms with E-state index in [0.717, 1.165) is 26.1 Å². The highest BCUT2D eigenvalue weighted by atomic mass is 32.2. The van der Waals surface area contributed by atoms with Crippen molar-refractivity contribution < 1.29 is 4.79 Å². The molecule has 0 aliphatic carbocycles. The summed E-state index contributed by atoms with van der Waals surface area (Å²) >= 11 is 1.84. The summed E-state index contributed by atoms with van der Waals surface area (Å²) in [6.07, 6.45) is 5.98. The maximum Gasteiger partial charge on any atom is 0.232 e. The highest BCUT2D eigenvalue weighted by Crippen LogP contribution is 2.20. The smallest absolute Gasteiger partial charge is 0.232 e. The number of hydrogen-bond acceptors (Lipinski definition) is 3. The number of thioether (sulfide) groups is 1. The van der Waals surface area contributed by atoms with Gasteiger partial charge in [-0.3, -0.25) is 4.79 Å². The van der Waals surface area contributed by atoms with Crippen LogP contribution in [-0.2, 0) is 4.79 Å². The molecule has 1 aliphatic rings. The number of nitrogens with zero attached hydrogens (tertiary/aromatic N) is 1. The van der Waals surface area contributed by atoms with E-state index in [-0.39, 0.29) is 0 Å². The lowest BCUT2D eigenvalue weighted by Crippen LogP contribution is -2.32. The summed E-state index contributed by atoms with van der Waals surface area (Å²) in [7, 11) is 1.93. The summed E-state index contributed by atoms with van der Waals surface area (Å²) in [4.78, 5) is 13.8. The number of unbranched alkanes of at least 4 members (excludes halogenated alkanes) is 2. The molecular formula is C13H26N2OS. The fraction of sp³-hybridized carbons (Fsp3) is 0.923. The minimum Gasteiger partial charge on any atom is -0.345 e. The molecule has 17 heavy (non-hydrogen) atoms. The lowest BCUT2D eigenvalue weighted by Gasteiger charge is -2.23. The Morgan fingerprint density at radius 1 is 1.35 bits per heavy atom. The van der Waals surface area contributed by atoms with Gasteiger partial charge in [-0.15, -0.1) is 11.8 Å². The van der Waals surface area contributed by atoms with Crippen molar-refractivity contribution in [3.8, 4) is 0 Å². The molecule has 1 amide bonds. The Morgan fingerprint density at radius 2 is 2.06 bits per heavy atom. The van der Waals surface area contributed by atoms with Gasteiger partial charge in [-0.25, -0.2) is 0 Å². The first kappa shape index (κ1) is 14.8. The maximum absolute atomic E-state index is 11.9. The SMILES string of the molecule is CCCCCN(C)C(=O)CSC1CCNCC1. The standard InChI is InChI=1S/C13H26N2OS/c1-3-4-5-10-15(2)13(16)11-17-12-6-8-14-9-7-12/h12,14H,3-11H2,1-2H3. The average Bonchev–Trinajstić information content (AvgIpc) is 2.37. The predicted octanol–water partition coefficient (Wildman–Crippen LogP) is 2.12. The maximum atomic E-state index is 11.9. The van der Waals surface area contributed by atoms with Gasteiger partial charge in [0.1, 0.15) is 0 Å². The van der Waals surface area contributed by atoms with Gasteiger partial charge < -0.3 is 10.2 Å². The molecule has 1 N–H and O–H groups in total. The highest BCUT2D eigenvalue weighted by molar-refractivity contribution is 8.00. The molecule has 0 bridgehead atoms. The van der Waals surface area contributed by atoms with E-state index in [1.807, 2.05) is 23.7 Å². The third-order valence-electron chi connectivity index (χ3n) is 3.25. The normalized spacial score (nSPS) is 17.1. The highest BCUT2D eigenvalue weighted by Gasteiger charge is 2.16. The van der Waals surface area contributed by atoms with Crippen LogP contribution < -0.4 is 5.32 Å². The summed E-state index contributed by atoms with van der Waals surface area (Å²) < 4.78 is 0. The summed E-state index contributed by atoms with van der Waals surface area (Å²) in [5.74, 6) is 0.956. The molecule has 3 nitrogen and oxygen atoms in total. The molecule has 0 aromatic rings. The number of carbonyl (C=O) groups excluding carboxylic acids is 1. The van der Waals surface area contributed by atoms with Crippen LogP contribution in [0.5, 0.6) is 0 Å². The molecule has 0 radical (unpaired) electrons. The monoisotopic (exact) mass is 258 g/mol. The van der Waals surface area contributed by atoms with Gasteiger partial charge in [0.15, 0.2) is 0 Å². The largest absolute Gasteiger partial charge is 0.345 e. The van der Waals surface area contributed by atoms with Gasteiger partial charge in [0.2, 0.25) is 5.91 Å². The van der Waals surface area contributed by atoms with Crippen molar-refractivity contribution in [2.45, 2.75) is 44.3 Å². The van der Waals surface area contributed by atoms with E-state index in [0.29, 0.717) is 16.9 Å². The van der Waals surface area contributed by atoms with Crippen LogP contribution in [0.2, 0.25) is 0 Å². The van der Waals surface area contributed by atoms with E-state index in [2.05, 4.69) is 12.2 Å². The Morgan fingerprint density at radius 3 is 2.71 bits per heavy atom. The summed E-state index contributed by atoms with van der Waals surface area (Å²) in [5, 5.41) is 4.04. The van der Waals surface area contributed by atoms with Gasteiger partial charge in [-0.2, -0.15) is 0 Å². The first-order valence-corrected chi connectivity index (χ1v) is 7.85. The van der Waals surface area contributed by atoms with Gasteiger partial charge in [0.05, 0.1) is 5.75 Å². The number of carbonyl (C=O) groups is 1. The quantitative estimate of drug-likeness (QED) is 0.710. The van der Waals surface area contributed by atoms with E-state index in [9.17, 15) is 4.79 Å². The van der Waals surface area contributed by atoms with E-state index in [1.165, 1.54) is 25.7 Å². The number of rotatable bonds is 7.